The summed E-state index contributed by atoms with van der Waals surface area (Å²) in [5.74, 6) is 0.577. The van der Waals surface area contributed by atoms with Crippen LogP contribution in [0.2, 0.25) is 0 Å². The molecular weight excluding hydrogens is 527 g/mol. The first-order chi connectivity index (χ1) is 18.8. The second-order valence-corrected chi connectivity index (χ2v) is 9.82. The number of hydrogen-bond donors (Lipinski definition) is 1. The van der Waals surface area contributed by atoms with Gasteiger partial charge in [0.15, 0.2) is 11.5 Å². The fourth-order valence-electron chi connectivity index (χ4n) is 3.71. The standard InChI is InChI=1S/C28H27FN2O7S/c1-3-36-25-9-5-4-8-24(25)30-28(32)31(19-22-7-6-16-37-22)18-20-10-15-26(35-2)27(17-20)38-39(33,34)23-13-11-21(29)12-14-23/h4-17H,3,18-19H2,1-2H3,(H,30,32). The minimum absolute atomic E-state index is 0.0697. The largest absolute Gasteiger partial charge is 0.493 e. The first-order valence-electron chi connectivity index (χ1n) is 12.0. The van der Waals surface area contributed by atoms with Crippen molar-refractivity contribution < 1.29 is 35.7 Å². The van der Waals surface area contributed by atoms with E-state index in [9.17, 15) is 17.6 Å². The van der Waals surface area contributed by atoms with E-state index in [1.807, 2.05) is 6.92 Å². The molecule has 0 aliphatic rings. The summed E-state index contributed by atoms with van der Waals surface area (Å²) >= 11 is 0. The van der Waals surface area contributed by atoms with E-state index in [0.717, 1.165) is 24.3 Å². The van der Waals surface area contributed by atoms with Gasteiger partial charge in [0.2, 0.25) is 0 Å². The SMILES string of the molecule is CCOc1ccccc1NC(=O)N(Cc1ccc(OC)c(OS(=O)(=O)c2ccc(F)cc2)c1)Cc1ccco1. The van der Waals surface area contributed by atoms with E-state index in [1.165, 1.54) is 30.4 Å². The smallest absolute Gasteiger partial charge is 0.339 e. The number of nitrogens with one attached hydrogen (secondary N) is 1. The highest BCUT2D eigenvalue weighted by Gasteiger charge is 2.22. The Labute approximate surface area is 225 Å². The molecule has 0 aliphatic heterocycles. The lowest BCUT2D eigenvalue weighted by Gasteiger charge is -2.23. The molecule has 0 saturated carbocycles. The molecule has 0 unspecified atom stereocenters. The van der Waals surface area contributed by atoms with Gasteiger partial charge in [-0.2, -0.15) is 8.42 Å². The fourth-order valence-corrected chi connectivity index (χ4v) is 4.64. The number of methoxy groups -OCH3 is 1. The predicted molar refractivity (Wildman–Crippen MR) is 142 cm³/mol. The van der Waals surface area contributed by atoms with Gasteiger partial charge in [-0.05, 0) is 73.2 Å². The van der Waals surface area contributed by atoms with Gasteiger partial charge in [-0.3, -0.25) is 0 Å². The third kappa shape index (κ3) is 7.08. The summed E-state index contributed by atoms with van der Waals surface area (Å²) in [7, 11) is -2.91. The van der Waals surface area contributed by atoms with Gasteiger partial charge in [0.25, 0.3) is 0 Å². The summed E-state index contributed by atoms with van der Waals surface area (Å²) in [5, 5.41) is 2.87. The van der Waals surface area contributed by atoms with E-state index in [4.69, 9.17) is 18.1 Å². The van der Waals surface area contributed by atoms with Crippen LogP contribution in [-0.2, 0) is 23.2 Å². The van der Waals surface area contributed by atoms with E-state index < -0.39 is 22.0 Å². The quantitative estimate of drug-likeness (QED) is 0.233. The second kappa shape index (κ2) is 12.4. The van der Waals surface area contributed by atoms with Crippen molar-refractivity contribution in [2.75, 3.05) is 19.0 Å². The molecule has 0 fully saturated rings. The molecule has 0 atom stereocenters. The number of furan rings is 1. The highest BCUT2D eigenvalue weighted by molar-refractivity contribution is 7.87. The number of amides is 2. The van der Waals surface area contributed by atoms with Crippen molar-refractivity contribution in [3.8, 4) is 17.2 Å². The molecule has 4 aromatic rings. The molecule has 0 radical (unpaired) electrons. The van der Waals surface area contributed by atoms with Gasteiger partial charge in [0.05, 0.1) is 32.2 Å². The molecule has 2 amide bonds. The zero-order valence-electron chi connectivity index (χ0n) is 21.3. The highest BCUT2D eigenvalue weighted by Crippen LogP contribution is 2.32. The molecule has 4 rings (SSSR count). The lowest BCUT2D eigenvalue weighted by Crippen LogP contribution is -2.34. The van der Waals surface area contributed by atoms with Crippen molar-refractivity contribution in [2.24, 2.45) is 0 Å². The third-order valence-electron chi connectivity index (χ3n) is 5.55. The molecule has 1 aromatic heterocycles. The summed E-state index contributed by atoms with van der Waals surface area (Å²) in [6.07, 6.45) is 1.51. The molecule has 0 spiro atoms. The number of anilines is 1. The molecule has 39 heavy (non-hydrogen) atoms. The number of benzene rings is 3. The van der Waals surface area contributed by atoms with Crippen LogP contribution in [-0.4, -0.2) is 33.1 Å². The van der Waals surface area contributed by atoms with Crippen LogP contribution in [0.15, 0.2) is 94.4 Å². The minimum Gasteiger partial charge on any atom is -0.493 e. The molecule has 1 N–H and O–H groups in total. The monoisotopic (exact) mass is 554 g/mol. The Morgan fingerprint density at radius 2 is 1.72 bits per heavy atom. The zero-order valence-corrected chi connectivity index (χ0v) is 22.1. The Hall–Kier alpha value is -4.51. The molecule has 204 valence electrons. The maximum atomic E-state index is 13.4. The lowest BCUT2D eigenvalue weighted by atomic mass is 10.2. The van der Waals surface area contributed by atoms with Gasteiger partial charge in [0, 0.05) is 6.54 Å². The van der Waals surface area contributed by atoms with Crippen LogP contribution in [0.5, 0.6) is 17.2 Å². The first-order valence-corrected chi connectivity index (χ1v) is 13.4. The van der Waals surface area contributed by atoms with Gasteiger partial charge in [-0.15, -0.1) is 0 Å². The average Bonchev–Trinajstić information content (AvgIpc) is 3.43. The first kappa shape index (κ1) is 27.5. The van der Waals surface area contributed by atoms with E-state index in [-0.39, 0.29) is 29.5 Å². The van der Waals surface area contributed by atoms with Gasteiger partial charge in [-0.25, -0.2) is 9.18 Å². The normalized spacial score (nSPS) is 11.1. The number of urea groups is 1. The van der Waals surface area contributed by atoms with Crippen molar-refractivity contribution >= 4 is 21.8 Å². The topological polar surface area (TPSA) is 107 Å². The van der Waals surface area contributed by atoms with Crippen LogP contribution in [0.3, 0.4) is 0 Å². The van der Waals surface area contributed by atoms with Gasteiger partial charge < -0.3 is 28.3 Å². The number of carbonyl (C=O) groups excluding carboxylic acids is 1. The third-order valence-corrected chi connectivity index (χ3v) is 6.79. The summed E-state index contributed by atoms with van der Waals surface area (Å²) < 4.78 is 60.6. The maximum Gasteiger partial charge on any atom is 0.339 e. The lowest BCUT2D eigenvalue weighted by molar-refractivity contribution is 0.201. The number of hydrogen-bond acceptors (Lipinski definition) is 7. The number of nitrogens with zero attached hydrogens (tertiary/aromatic N) is 1. The Morgan fingerprint density at radius 1 is 0.949 bits per heavy atom. The molecule has 0 aliphatic carbocycles. The molecular formula is C28H27FN2O7S. The van der Waals surface area contributed by atoms with Crippen LogP contribution < -0.4 is 19.0 Å². The molecule has 0 bridgehead atoms. The zero-order chi connectivity index (χ0) is 27.8. The van der Waals surface area contributed by atoms with Crippen molar-refractivity contribution in [1.29, 1.82) is 0 Å². The fraction of sp³-hybridized carbons (Fsp3) is 0.179. The van der Waals surface area contributed by atoms with Crippen molar-refractivity contribution in [3.05, 3.63) is 102 Å². The van der Waals surface area contributed by atoms with Gasteiger partial charge in [-0.1, -0.05) is 18.2 Å². The van der Waals surface area contributed by atoms with Crippen molar-refractivity contribution in [2.45, 2.75) is 24.9 Å². The van der Waals surface area contributed by atoms with Crippen molar-refractivity contribution in [1.82, 2.24) is 4.90 Å². The number of carbonyl (C=O) groups is 1. The molecule has 3 aromatic carbocycles. The number of ether oxygens (including phenoxy) is 2. The molecule has 11 heteroatoms. The predicted octanol–water partition coefficient (Wildman–Crippen LogP) is 5.83. The maximum absolute atomic E-state index is 13.4. The Morgan fingerprint density at radius 3 is 2.41 bits per heavy atom. The minimum atomic E-state index is -4.28. The summed E-state index contributed by atoms with van der Waals surface area (Å²) in [6, 6.07) is 19.1. The van der Waals surface area contributed by atoms with Gasteiger partial charge in [0.1, 0.15) is 22.2 Å². The Bertz CT molecular complexity index is 1510. The Kier molecular flexibility index (Phi) is 8.72. The molecule has 0 saturated heterocycles. The van der Waals surface area contributed by atoms with E-state index in [2.05, 4.69) is 5.32 Å². The average molecular weight is 555 g/mol. The van der Waals surface area contributed by atoms with E-state index in [0.29, 0.717) is 29.4 Å². The van der Waals surface area contributed by atoms with Gasteiger partial charge >= 0.3 is 16.1 Å². The van der Waals surface area contributed by atoms with Crippen LogP contribution in [0.4, 0.5) is 14.9 Å². The van der Waals surface area contributed by atoms with Crippen LogP contribution in [0, 0.1) is 5.82 Å². The summed E-state index contributed by atoms with van der Waals surface area (Å²) in [5.41, 5.74) is 1.05. The van der Waals surface area contributed by atoms with E-state index in [1.54, 1.807) is 42.5 Å². The molecule has 9 nitrogen and oxygen atoms in total. The second-order valence-electron chi connectivity index (χ2n) is 8.27. The highest BCUT2D eigenvalue weighted by atomic mass is 32.2. The molecule has 1 heterocycles. The number of rotatable bonds is 11. The van der Waals surface area contributed by atoms with E-state index >= 15 is 0 Å². The number of para-hydroxylation sites is 2. The van der Waals surface area contributed by atoms with Crippen LogP contribution in [0.25, 0.3) is 0 Å². The Balaban J connectivity index is 1.60. The van der Waals surface area contributed by atoms with Crippen molar-refractivity contribution in [3.63, 3.8) is 0 Å². The van der Waals surface area contributed by atoms with Crippen LogP contribution >= 0.6 is 0 Å². The summed E-state index contributed by atoms with van der Waals surface area (Å²) in [6.45, 7) is 2.48. The number of halogens is 1. The summed E-state index contributed by atoms with van der Waals surface area (Å²) in [4.78, 5) is 14.7. The van der Waals surface area contributed by atoms with Crippen LogP contribution in [0.1, 0.15) is 18.2 Å².